The van der Waals surface area contributed by atoms with Crippen LogP contribution >= 0.6 is 0 Å². The Bertz CT molecular complexity index is 1200. The summed E-state index contributed by atoms with van der Waals surface area (Å²) in [4.78, 5) is 34.2. The summed E-state index contributed by atoms with van der Waals surface area (Å²) in [5, 5.41) is 12.6. The van der Waals surface area contributed by atoms with Gasteiger partial charge < -0.3 is 24.8 Å². The number of amides is 2. The van der Waals surface area contributed by atoms with E-state index in [1.165, 1.54) is 12.1 Å². The Labute approximate surface area is 257 Å². The number of aliphatic hydroxyl groups excluding tert-OH is 1. The molecule has 4 atom stereocenters. The van der Waals surface area contributed by atoms with Crippen LogP contribution in [0.1, 0.15) is 68.8 Å². The largest absolute Gasteiger partial charge is 0.490 e. The van der Waals surface area contributed by atoms with Crippen molar-refractivity contribution in [3.63, 3.8) is 0 Å². The number of alkyl halides is 3. The molecule has 44 heavy (non-hydrogen) atoms. The third kappa shape index (κ3) is 11.4. The number of ether oxygens (including phenoxy) is 2. The molecule has 2 heterocycles. The number of hydrogen-bond donors (Lipinski definition) is 2. The van der Waals surface area contributed by atoms with Crippen molar-refractivity contribution >= 4 is 17.5 Å². The lowest BCUT2D eigenvalue weighted by Gasteiger charge is -2.36. The fourth-order valence-electron chi connectivity index (χ4n) is 5.11. The van der Waals surface area contributed by atoms with Crippen molar-refractivity contribution in [1.82, 2.24) is 14.8 Å². The molecule has 0 saturated heterocycles. The van der Waals surface area contributed by atoms with Crippen molar-refractivity contribution < 1.29 is 37.3 Å². The van der Waals surface area contributed by atoms with E-state index in [1.54, 1.807) is 30.3 Å². The molecule has 1 aromatic carbocycles. The summed E-state index contributed by atoms with van der Waals surface area (Å²) in [6.45, 7) is 7.51. The first-order chi connectivity index (χ1) is 20.9. The maximum Gasteiger partial charge on any atom is 0.389 e. The first-order valence-corrected chi connectivity index (χ1v) is 15.1. The zero-order valence-electron chi connectivity index (χ0n) is 26.0. The van der Waals surface area contributed by atoms with Gasteiger partial charge in [-0.1, -0.05) is 6.92 Å². The van der Waals surface area contributed by atoms with E-state index in [1.807, 2.05) is 33.0 Å². The van der Waals surface area contributed by atoms with E-state index in [4.69, 9.17) is 9.47 Å². The standard InChI is InChI=1S/C32H45F3N4O5/c1-22-18-39(23(2)21-40)31(42)27-17-26(37-30(41)10-13-32(33,34)35)8-9-28(27)44-24(3)7-5-6-16-43-29(22)20-38(4)19-25-11-14-36-15-12-25/h8-9,11-12,14-15,17,22-24,29,40H,5-7,10,13,16,18-21H2,1-4H3,(H,37,41)/t22-,23-,24-,29-/m0/s1. The average Bonchev–Trinajstić information content (AvgIpc) is 2.97. The molecule has 1 aromatic heterocycles. The van der Waals surface area contributed by atoms with Crippen LogP contribution in [0.15, 0.2) is 42.7 Å². The van der Waals surface area contributed by atoms with Crippen LogP contribution < -0.4 is 10.1 Å². The molecule has 1 aliphatic rings. The number of carbonyl (C=O) groups is 2. The van der Waals surface area contributed by atoms with Crippen molar-refractivity contribution in [2.75, 3.05) is 38.7 Å². The minimum atomic E-state index is -4.46. The van der Waals surface area contributed by atoms with Crippen molar-refractivity contribution in [3.8, 4) is 5.75 Å². The van der Waals surface area contributed by atoms with Crippen molar-refractivity contribution in [2.24, 2.45) is 5.92 Å². The first-order valence-electron chi connectivity index (χ1n) is 15.1. The third-order valence-corrected chi connectivity index (χ3v) is 7.66. The van der Waals surface area contributed by atoms with Gasteiger partial charge >= 0.3 is 6.18 Å². The Morgan fingerprint density at radius 2 is 1.93 bits per heavy atom. The molecule has 0 spiro atoms. The van der Waals surface area contributed by atoms with E-state index < -0.39 is 36.9 Å². The molecule has 244 valence electrons. The lowest BCUT2D eigenvalue weighted by molar-refractivity contribution is -0.142. The van der Waals surface area contributed by atoms with Crippen molar-refractivity contribution in [1.29, 1.82) is 0 Å². The predicted octanol–water partition coefficient (Wildman–Crippen LogP) is 5.29. The smallest absolute Gasteiger partial charge is 0.389 e. The van der Waals surface area contributed by atoms with Crippen LogP contribution in [0.25, 0.3) is 0 Å². The monoisotopic (exact) mass is 622 g/mol. The molecule has 2 amide bonds. The Kier molecular flexibility index (Phi) is 13.4. The van der Waals surface area contributed by atoms with E-state index in [-0.39, 0.29) is 42.5 Å². The van der Waals surface area contributed by atoms with Gasteiger partial charge in [0, 0.05) is 56.7 Å². The maximum atomic E-state index is 14.1. The summed E-state index contributed by atoms with van der Waals surface area (Å²) in [5.41, 5.74) is 1.46. The minimum Gasteiger partial charge on any atom is -0.490 e. The SMILES string of the molecule is C[C@H]1CCCCO[C@@H](CN(C)Cc2ccncc2)[C@@H](C)CN([C@@H](C)CO)C(=O)c2cc(NC(=O)CCC(F)(F)F)ccc2O1. The van der Waals surface area contributed by atoms with E-state index in [2.05, 4.69) is 15.2 Å². The van der Waals surface area contributed by atoms with Crippen LogP contribution in [0.3, 0.4) is 0 Å². The number of fused-ring (bicyclic) bond motifs is 1. The van der Waals surface area contributed by atoms with Gasteiger partial charge in [0.15, 0.2) is 0 Å². The topological polar surface area (TPSA) is 104 Å². The zero-order chi connectivity index (χ0) is 32.3. The molecule has 0 bridgehead atoms. The summed E-state index contributed by atoms with van der Waals surface area (Å²) in [7, 11) is 2.01. The third-order valence-electron chi connectivity index (χ3n) is 7.66. The molecule has 0 unspecified atom stereocenters. The Balaban J connectivity index is 1.89. The number of anilines is 1. The molecule has 2 aromatic rings. The van der Waals surface area contributed by atoms with Crippen molar-refractivity contribution in [3.05, 3.63) is 53.9 Å². The van der Waals surface area contributed by atoms with E-state index in [0.717, 1.165) is 18.4 Å². The quantitative estimate of drug-likeness (QED) is 0.392. The lowest BCUT2D eigenvalue weighted by Crippen LogP contribution is -2.47. The highest BCUT2D eigenvalue weighted by atomic mass is 19.4. The van der Waals surface area contributed by atoms with E-state index in [0.29, 0.717) is 31.9 Å². The number of rotatable bonds is 9. The molecule has 12 heteroatoms. The van der Waals surface area contributed by atoms with Gasteiger partial charge in [0.1, 0.15) is 5.75 Å². The normalized spacial score (nSPS) is 21.2. The van der Waals surface area contributed by atoms with Crippen molar-refractivity contribution in [2.45, 2.75) is 83.8 Å². The van der Waals surface area contributed by atoms with Crippen LogP contribution in [0, 0.1) is 5.92 Å². The Morgan fingerprint density at radius 3 is 2.61 bits per heavy atom. The molecule has 9 nitrogen and oxygen atoms in total. The number of pyridine rings is 1. The molecule has 0 fully saturated rings. The van der Waals surface area contributed by atoms with Gasteiger partial charge in [0.05, 0.1) is 36.8 Å². The molecule has 0 aliphatic carbocycles. The Hall–Kier alpha value is -3.22. The van der Waals surface area contributed by atoms with E-state index >= 15 is 0 Å². The molecular weight excluding hydrogens is 577 g/mol. The number of carbonyl (C=O) groups excluding carboxylic acids is 2. The minimum absolute atomic E-state index is 0.121. The second-order valence-electron chi connectivity index (χ2n) is 11.7. The number of hydrogen-bond acceptors (Lipinski definition) is 7. The van der Waals surface area contributed by atoms with Crippen LogP contribution in [0.2, 0.25) is 0 Å². The molecule has 1 aliphatic heterocycles. The van der Waals surface area contributed by atoms with E-state index in [9.17, 15) is 27.9 Å². The highest BCUT2D eigenvalue weighted by Crippen LogP contribution is 2.29. The predicted molar refractivity (Wildman–Crippen MR) is 161 cm³/mol. The van der Waals surface area contributed by atoms with Gasteiger partial charge in [-0.05, 0) is 76.1 Å². The number of likely N-dealkylation sites (N-methyl/N-ethyl adjacent to an activating group) is 1. The fourth-order valence-corrected chi connectivity index (χ4v) is 5.11. The van der Waals surface area contributed by atoms with Gasteiger partial charge in [-0.25, -0.2) is 0 Å². The van der Waals surface area contributed by atoms with Crippen LogP contribution in [0.5, 0.6) is 5.75 Å². The molecule has 2 N–H and O–H groups in total. The number of aromatic nitrogens is 1. The van der Waals surface area contributed by atoms with Gasteiger partial charge in [0.25, 0.3) is 5.91 Å². The summed E-state index contributed by atoms with van der Waals surface area (Å²) in [6.07, 6.45) is -0.977. The molecule has 0 radical (unpaired) electrons. The molecule has 0 saturated carbocycles. The second kappa shape index (κ2) is 16.7. The molecule has 3 rings (SSSR count). The fraction of sp³-hybridized carbons (Fsp3) is 0.594. The van der Waals surface area contributed by atoms with Gasteiger partial charge in [-0.3, -0.25) is 19.5 Å². The highest BCUT2D eigenvalue weighted by molar-refractivity contribution is 5.99. The van der Waals surface area contributed by atoms with Crippen LogP contribution in [-0.2, 0) is 16.1 Å². The number of halogens is 3. The number of nitrogens with zero attached hydrogens (tertiary/aromatic N) is 3. The number of aliphatic hydroxyl groups is 1. The van der Waals surface area contributed by atoms with Gasteiger partial charge in [-0.15, -0.1) is 0 Å². The lowest BCUT2D eigenvalue weighted by atomic mass is 10.0. The maximum absolute atomic E-state index is 14.1. The van der Waals surface area contributed by atoms with Crippen LogP contribution in [-0.4, -0.2) is 89.5 Å². The molecular formula is C32H45F3N4O5. The summed E-state index contributed by atoms with van der Waals surface area (Å²) >= 11 is 0. The average molecular weight is 623 g/mol. The van der Waals surface area contributed by atoms with Gasteiger partial charge in [-0.2, -0.15) is 13.2 Å². The number of nitrogens with one attached hydrogen (secondary N) is 1. The summed E-state index contributed by atoms with van der Waals surface area (Å²) in [6, 6.07) is 7.87. The summed E-state index contributed by atoms with van der Waals surface area (Å²) in [5.74, 6) is -1.05. The number of benzene rings is 1. The summed E-state index contributed by atoms with van der Waals surface area (Å²) < 4.78 is 50.5. The van der Waals surface area contributed by atoms with Gasteiger partial charge in [0.2, 0.25) is 5.91 Å². The first kappa shape index (κ1) is 35.3. The Morgan fingerprint density at radius 1 is 1.20 bits per heavy atom. The highest BCUT2D eigenvalue weighted by Gasteiger charge is 2.31. The van der Waals surface area contributed by atoms with Crippen LogP contribution in [0.4, 0.5) is 18.9 Å². The second-order valence-corrected chi connectivity index (χ2v) is 11.7. The zero-order valence-corrected chi connectivity index (χ0v) is 26.0.